The summed E-state index contributed by atoms with van der Waals surface area (Å²) in [7, 11) is 0. The highest BCUT2D eigenvalue weighted by Gasteiger charge is 2.19. The van der Waals surface area contributed by atoms with Gasteiger partial charge in [-0.25, -0.2) is 9.78 Å². The summed E-state index contributed by atoms with van der Waals surface area (Å²) < 4.78 is 0. The van der Waals surface area contributed by atoms with E-state index in [-0.39, 0.29) is 78.9 Å². The molecule has 3 aromatic rings. The predicted molar refractivity (Wildman–Crippen MR) is 148 cm³/mol. The van der Waals surface area contributed by atoms with Crippen LogP contribution < -0.4 is 27.0 Å². The maximum absolute atomic E-state index is 12.2. The van der Waals surface area contributed by atoms with Crippen molar-refractivity contribution < 1.29 is 29.2 Å². The van der Waals surface area contributed by atoms with Crippen molar-refractivity contribution in [3.05, 3.63) is 81.5 Å². The number of carbonyl (C=O) groups is 4. The minimum absolute atomic E-state index is 0.0115. The summed E-state index contributed by atoms with van der Waals surface area (Å²) in [5, 5.41) is 31.6. The number of hydrogen-bond acceptors (Lipinski definition) is 10. The van der Waals surface area contributed by atoms with Crippen molar-refractivity contribution >= 4 is 46.8 Å². The van der Waals surface area contributed by atoms with E-state index >= 15 is 0 Å². The van der Waals surface area contributed by atoms with Gasteiger partial charge in [0.1, 0.15) is 6.20 Å². The van der Waals surface area contributed by atoms with E-state index in [9.17, 15) is 34.4 Å². The van der Waals surface area contributed by atoms with Crippen molar-refractivity contribution in [2.24, 2.45) is 5.73 Å². The van der Waals surface area contributed by atoms with Gasteiger partial charge in [-0.05, 0) is 36.2 Å². The molecule has 0 fully saturated rings. The second-order valence-electron chi connectivity index (χ2n) is 8.55. The number of para-hydroxylation sites is 1. The van der Waals surface area contributed by atoms with Gasteiger partial charge in [0.05, 0.1) is 10.5 Å². The second-order valence-corrected chi connectivity index (χ2v) is 8.55. The molecule has 3 amide bonds. The van der Waals surface area contributed by atoms with Crippen LogP contribution >= 0.6 is 0 Å². The van der Waals surface area contributed by atoms with Crippen LogP contribution in [0.1, 0.15) is 39.1 Å². The standard InChI is InChI=1S/C26H28N8O7/c27-23(37)18-7-4-8-19(25(38)39)17(18)9-10-21(35)28-13-14-29-22(36)11-12-30-24-20(34(40)41)15-31-26(33-24)32-16-5-2-1-3-6-16/h1-8,15H,9-14H2,(H2,27,37)(H,28,35)(H,29,36)(H,38,39)(H2,30,31,32,33). The summed E-state index contributed by atoms with van der Waals surface area (Å²) in [5.74, 6) is -2.71. The number of nitrogens with two attached hydrogens (primary N) is 1. The van der Waals surface area contributed by atoms with E-state index < -0.39 is 22.7 Å². The number of amides is 3. The molecule has 0 saturated carbocycles. The number of carbonyl (C=O) groups excluding carboxylic acids is 3. The summed E-state index contributed by atoms with van der Waals surface area (Å²) in [6.45, 7) is 0.265. The molecule has 0 aliphatic heterocycles. The Labute approximate surface area is 233 Å². The van der Waals surface area contributed by atoms with E-state index in [2.05, 4.69) is 31.2 Å². The molecule has 7 N–H and O–H groups in total. The molecular weight excluding hydrogens is 536 g/mol. The van der Waals surface area contributed by atoms with Crippen molar-refractivity contribution in [3.8, 4) is 0 Å². The summed E-state index contributed by atoms with van der Waals surface area (Å²) in [5.41, 5.74) is 5.78. The summed E-state index contributed by atoms with van der Waals surface area (Å²) >= 11 is 0. The molecule has 214 valence electrons. The van der Waals surface area contributed by atoms with Crippen molar-refractivity contribution in [1.29, 1.82) is 0 Å². The zero-order valence-corrected chi connectivity index (χ0v) is 21.8. The summed E-state index contributed by atoms with van der Waals surface area (Å²) in [6.07, 6.45) is 0.931. The van der Waals surface area contributed by atoms with Gasteiger partial charge < -0.3 is 32.1 Å². The number of nitrogens with one attached hydrogen (secondary N) is 4. The number of primary amides is 1. The third-order valence-corrected chi connectivity index (χ3v) is 5.68. The van der Waals surface area contributed by atoms with Crippen molar-refractivity contribution in [3.63, 3.8) is 0 Å². The van der Waals surface area contributed by atoms with Crippen LogP contribution in [0.5, 0.6) is 0 Å². The van der Waals surface area contributed by atoms with E-state index in [4.69, 9.17) is 5.73 Å². The van der Waals surface area contributed by atoms with E-state index in [0.717, 1.165) is 6.20 Å². The Hall–Kier alpha value is -5.60. The average molecular weight is 565 g/mol. The largest absolute Gasteiger partial charge is 0.478 e. The van der Waals surface area contributed by atoms with Gasteiger partial charge in [-0.15, -0.1) is 0 Å². The average Bonchev–Trinajstić information content (AvgIpc) is 2.94. The molecule has 0 saturated heterocycles. The lowest BCUT2D eigenvalue weighted by atomic mass is 9.96. The fourth-order valence-corrected chi connectivity index (χ4v) is 3.75. The van der Waals surface area contributed by atoms with E-state index in [1.165, 1.54) is 18.2 Å². The first-order chi connectivity index (χ1) is 19.7. The first-order valence-electron chi connectivity index (χ1n) is 12.4. The highest BCUT2D eigenvalue weighted by molar-refractivity contribution is 5.99. The van der Waals surface area contributed by atoms with E-state index in [0.29, 0.717) is 5.69 Å². The zero-order valence-electron chi connectivity index (χ0n) is 21.8. The Kier molecular flexibility index (Phi) is 10.6. The third kappa shape index (κ3) is 8.98. The van der Waals surface area contributed by atoms with Crippen LogP contribution in [0.2, 0.25) is 0 Å². The third-order valence-electron chi connectivity index (χ3n) is 5.68. The molecule has 0 aliphatic rings. The Morgan fingerprint density at radius 2 is 1.56 bits per heavy atom. The number of anilines is 3. The van der Waals surface area contributed by atoms with Crippen molar-refractivity contribution in [2.45, 2.75) is 19.3 Å². The monoisotopic (exact) mass is 564 g/mol. The molecule has 0 aliphatic carbocycles. The maximum Gasteiger partial charge on any atom is 0.335 e. The Morgan fingerprint density at radius 3 is 2.20 bits per heavy atom. The normalized spacial score (nSPS) is 10.3. The molecule has 2 aromatic carbocycles. The molecule has 0 bridgehead atoms. The van der Waals surface area contributed by atoms with Crippen molar-refractivity contribution in [1.82, 2.24) is 20.6 Å². The quantitative estimate of drug-likeness (QED) is 0.0881. The number of rotatable bonds is 15. The van der Waals surface area contributed by atoms with Crippen LogP contribution in [-0.2, 0) is 16.0 Å². The fraction of sp³-hybridized carbons (Fsp3) is 0.231. The molecular formula is C26H28N8O7. The van der Waals surface area contributed by atoms with Gasteiger partial charge >= 0.3 is 11.7 Å². The molecule has 0 spiro atoms. The summed E-state index contributed by atoms with van der Waals surface area (Å²) in [6, 6.07) is 13.1. The minimum atomic E-state index is -1.24. The van der Waals surface area contributed by atoms with Crippen LogP contribution in [0.25, 0.3) is 0 Å². The number of aromatic carboxylic acids is 1. The molecule has 41 heavy (non-hydrogen) atoms. The highest BCUT2D eigenvalue weighted by atomic mass is 16.6. The molecule has 0 radical (unpaired) electrons. The second kappa shape index (κ2) is 14.5. The van der Waals surface area contributed by atoms with Crippen LogP contribution in [0.15, 0.2) is 54.7 Å². The van der Waals surface area contributed by atoms with E-state index in [1.54, 1.807) is 24.3 Å². The molecule has 1 heterocycles. The predicted octanol–water partition coefficient (Wildman–Crippen LogP) is 1.59. The number of nitro groups is 1. The first kappa shape index (κ1) is 29.9. The van der Waals surface area contributed by atoms with Crippen LogP contribution in [0.4, 0.5) is 23.1 Å². The maximum atomic E-state index is 12.2. The van der Waals surface area contributed by atoms with E-state index in [1.807, 2.05) is 6.07 Å². The fourth-order valence-electron chi connectivity index (χ4n) is 3.75. The minimum Gasteiger partial charge on any atom is -0.478 e. The smallest absolute Gasteiger partial charge is 0.335 e. The van der Waals surface area contributed by atoms with Crippen LogP contribution in [0, 0.1) is 10.1 Å². The lowest BCUT2D eigenvalue weighted by Gasteiger charge is -2.11. The number of carboxylic acids is 1. The van der Waals surface area contributed by atoms with Gasteiger partial charge in [-0.2, -0.15) is 4.98 Å². The molecule has 3 rings (SSSR count). The Bertz CT molecular complexity index is 1400. The van der Waals surface area contributed by atoms with Gasteiger partial charge in [-0.1, -0.05) is 24.3 Å². The van der Waals surface area contributed by atoms with Crippen LogP contribution in [-0.4, -0.2) is 63.3 Å². The van der Waals surface area contributed by atoms with Gasteiger partial charge in [0, 0.05) is 43.7 Å². The first-order valence-corrected chi connectivity index (χ1v) is 12.4. The lowest BCUT2D eigenvalue weighted by Crippen LogP contribution is -2.35. The topological polar surface area (TPSA) is 232 Å². The lowest BCUT2D eigenvalue weighted by molar-refractivity contribution is -0.384. The van der Waals surface area contributed by atoms with Gasteiger partial charge in [0.2, 0.25) is 29.5 Å². The Morgan fingerprint density at radius 1 is 0.902 bits per heavy atom. The molecule has 0 atom stereocenters. The molecule has 0 unspecified atom stereocenters. The molecule has 1 aromatic heterocycles. The van der Waals surface area contributed by atoms with Crippen LogP contribution in [0.3, 0.4) is 0 Å². The summed E-state index contributed by atoms with van der Waals surface area (Å²) in [4.78, 5) is 66.3. The molecule has 15 heteroatoms. The SMILES string of the molecule is NC(=O)c1cccc(C(=O)O)c1CCC(=O)NCCNC(=O)CCNc1nc(Nc2ccccc2)ncc1[N+](=O)[O-]. The zero-order chi connectivity index (χ0) is 29.8. The number of nitrogens with zero attached hydrogens (tertiary/aromatic N) is 3. The number of carboxylic acid groups (broad SMARTS) is 1. The van der Waals surface area contributed by atoms with Gasteiger partial charge in [-0.3, -0.25) is 24.5 Å². The number of benzene rings is 2. The Balaban J connectivity index is 1.42. The van der Waals surface area contributed by atoms with Gasteiger partial charge in [0.25, 0.3) is 0 Å². The van der Waals surface area contributed by atoms with Gasteiger partial charge in [0.15, 0.2) is 0 Å². The molecule has 15 nitrogen and oxygen atoms in total. The highest BCUT2D eigenvalue weighted by Crippen LogP contribution is 2.23. The van der Waals surface area contributed by atoms with Crippen molar-refractivity contribution in [2.75, 3.05) is 30.3 Å². The number of aromatic nitrogens is 2. The number of hydrogen-bond donors (Lipinski definition) is 6.